The van der Waals surface area contributed by atoms with Crippen molar-refractivity contribution in [1.82, 2.24) is 9.97 Å². The van der Waals surface area contributed by atoms with E-state index in [-0.39, 0.29) is 41.9 Å². The van der Waals surface area contributed by atoms with Crippen molar-refractivity contribution >= 4 is 62.3 Å². The summed E-state index contributed by atoms with van der Waals surface area (Å²) in [7, 11) is 0. The minimum absolute atomic E-state index is 0. The molecule has 12 heteroatoms. The first-order valence-corrected chi connectivity index (χ1v) is 16.9. The van der Waals surface area contributed by atoms with Gasteiger partial charge in [0.2, 0.25) is 16.8 Å². The third-order valence-electron chi connectivity index (χ3n) is 8.76. The van der Waals surface area contributed by atoms with Crippen molar-refractivity contribution in [1.29, 1.82) is 0 Å². The minimum Gasteiger partial charge on any atom is -0.397 e. The summed E-state index contributed by atoms with van der Waals surface area (Å²) in [5.41, 5.74) is 6.36. The molecule has 0 aliphatic carbocycles. The zero-order valence-corrected chi connectivity index (χ0v) is 28.7. The number of H-pyrrole nitrogens is 2. The molecule has 2 aliphatic rings. The number of fused-ring (bicyclic) bond motifs is 4. The van der Waals surface area contributed by atoms with E-state index in [1.165, 1.54) is 24.9 Å². The Labute approximate surface area is 305 Å². The van der Waals surface area contributed by atoms with E-state index in [4.69, 9.17) is 5.11 Å². The van der Waals surface area contributed by atoms with Gasteiger partial charge in [-0.1, -0.05) is 43.8 Å². The number of nitrogens with zero attached hydrogens (tertiary/aromatic N) is 1. The van der Waals surface area contributed by atoms with Crippen molar-refractivity contribution in [2.75, 3.05) is 40.5 Å². The average Bonchev–Trinajstić information content (AvgIpc) is 3.80. The lowest BCUT2D eigenvalue weighted by atomic mass is 10.1. The van der Waals surface area contributed by atoms with E-state index in [1.54, 1.807) is 54.3 Å². The highest BCUT2D eigenvalue weighted by Gasteiger charge is 2.23. The Morgan fingerprint density at radius 3 is 1.79 bits per heavy atom. The zero-order valence-electron chi connectivity index (χ0n) is 28.7. The number of para-hydroxylation sites is 2. The number of aliphatic hydroxyl groups excluding tert-OH is 1. The molecule has 272 valence electrons. The topological polar surface area (TPSA) is 176 Å². The van der Waals surface area contributed by atoms with Crippen LogP contribution >= 0.6 is 0 Å². The summed E-state index contributed by atoms with van der Waals surface area (Å²) in [5.74, 6) is -0.919. The summed E-state index contributed by atoms with van der Waals surface area (Å²) in [4.78, 5) is 69.4. The summed E-state index contributed by atoms with van der Waals surface area (Å²) < 4.78 is 0. The van der Waals surface area contributed by atoms with Crippen molar-refractivity contribution in [2.24, 2.45) is 0 Å². The van der Waals surface area contributed by atoms with Gasteiger partial charge in [0.05, 0.1) is 0 Å². The van der Waals surface area contributed by atoms with Crippen LogP contribution < -0.4 is 31.7 Å². The second-order valence-electron chi connectivity index (χ2n) is 12.2. The van der Waals surface area contributed by atoms with Gasteiger partial charge in [0.15, 0.2) is 0 Å². The molecule has 4 aromatic carbocycles. The molecule has 0 fully saturated rings. The van der Waals surface area contributed by atoms with Crippen molar-refractivity contribution in [3.8, 4) is 0 Å². The Bertz CT molecular complexity index is 2440. The molecule has 3 amide bonds. The summed E-state index contributed by atoms with van der Waals surface area (Å²) >= 11 is 0. The largest absolute Gasteiger partial charge is 0.397 e. The van der Waals surface area contributed by atoms with Gasteiger partial charge in [-0.05, 0) is 79.4 Å². The Kier molecular flexibility index (Phi) is 11.9. The van der Waals surface area contributed by atoms with Gasteiger partial charge in [-0.2, -0.15) is 0 Å². The molecule has 0 atom stereocenters. The van der Waals surface area contributed by atoms with E-state index >= 15 is 0 Å². The monoisotopic (exact) mass is 714 g/mol. The third-order valence-corrected chi connectivity index (χ3v) is 8.76. The van der Waals surface area contributed by atoms with Gasteiger partial charge in [0.25, 0.3) is 11.8 Å². The molecule has 0 unspecified atom stereocenters. The number of pyridine rings is 2. The Morgan fingerprint density at radius 1 is 0.736 bits per heavy atom. The summed E-state index contributed by atoms with van der Waals surface area (Å²) in [6, 6.07) is 25.4. The van der Waals surface area contributed by atoms with Crippen LogP contribution in [0, 0.1) is 0 Å². The van der Waals surface area contributed by atoms with Crippen LogP contribution in [0.1, 0.15) is 53.1 Å². The van der Waals surface area contributed by atoms with E-state index in [0.717, 1.165) is 41.8 Å². The summed E-state index contributed by atoms with van der Waals surface area (Å²) in [6.45, 7) is 5.01. The maximum absolute atomic E-state index is 12.6. The van der Waals surface area contributed by atoms with Crippen molar-refractivity contribution in [3.05, 3.63) is 140 Å². The van der Waals surface area contributed by atoms with Crippen molar-refractivity contribution < 1.29 is 19.5 Å². The van der Waals surface area contributed by atoms with Crippen LogP contribution in [0.15, 0.2) is 107 Å². The number of carbonyl (C=O) groups excluding carboxylic acids is 3. The molecule has 4 heterocycles. The fourth-order valence-electron chi connectivity index (χ4n) is 6.22. The average molecular weight is 715 g/mol. The van der Waals surface area contributed by atoms with Crippen LogP contribution in [0.2, 0.25) is 0 Å². The van der Waals surface area contributed by atoms with Crippen LogP contribution in [-0.4, -0.2) is 52.5 Å². The lowest BCUT2D eigenvalue weighted by Crippen LogP contribution is -2.26. The van der Waals surface area contributed by atoms with Gasteiger partial charge in [-0.15, -0.1) is 0 Å². The highest BCUT2D eigenvalue weighted by atomic mass is 16.2. The Hall–Kier alpha value is -6.53. The van der Waals surface area contributed by atoms with E-state index in [1.807, 2.05) is 42.5 Å². The second kappa shape index (κ2) is 16.7. The third kappa shape index (κ3) is 8.18. The predicted molar refractivity (Wildman–Crippen MR) is 211 cm³/mol. The molecule has 2 aliphatic heterocycles. The normalized spacial score (nSPS) is 12.2. The fraction of sp³-hybridized carbons (Fsp3) is 0.195. The van der Waals surface area contributed by atoms with Crippen LogP contribution in [-0.2, 0) is 17.6 Å². The van der Waals surface area contributed by atoms with Crippen LogP contribution in [0.4, 0.5) is 22.7 Å². The molecule has 12 nitrogen and oxygen atoms in total. The smallest absolute Gasteiger partial charge is 0.261 e. The molecule has 0 radical (unpaired) electrons. The van der Waals surface area contributed by atoms with E-state index < -0.39 is 11.8 Å². The second-order valence-corrected chi connectivity index (χ2v) is 12.2. The number of aromatic nitrogens is 2. The number of benzene rings is 4. The van der Waals surface area contributed by atoms with Gasteiger partial charge in [0, 0.05) is 83.6 Å². The molecule has 2 aromatic heterocycles. The number of aliphatic hydroxyl groups is 1. The molecule has 8 rings (SSSR count). The van der Waals surface area contributed by atoms with E-state index in [0.29, 0.717) is 34.2 Å². The van der Waals surface area contributed by atoms with Crippen LogP contribution in [0.5, 0.6) is 0 Å². The molecular weight excluding hydrogens is 672 g/mol. The first kappa shape index (κ1) is 37.7. The maximum Gasteiger partial charge on any atom is 0.261 e. The van der Waals surface area contributed by atoms with Crippen LogP contribution in [0.3, 0.4) is 0 Å². The zero-order chi connectivity index (χ0) is 36.8. The molecule has 0 saturated heterocycles. The van der Waals surface area contributed by atoms with Gasteiger partial charge >= 0.3 is 0 Å². The lowest BCUT2D eigenvalue weighted by Gasteiger charge is -2.15. The van der Waals surface area contributed by atoms with Crippen LogP contribution in [0.25, 0.3) is 21.8 Å². The molecule has 6 aromatic rings. The predicted octanol–water partition coefficient (Wildman–Crippen LogP) is 6.07. The highest BCUT2D eigenvalue weighted by molar-refractivity contribution is 6.07. The Morgan fingerprint density at radius 2 is 1.25 bits per heavy atom. The number of rotatable bonds is 4. The molecule has 0 bridgehead atoms. The first-order chi connectivity index (χ1) is 25.2. The Balaban J connectivity index is 0.000000188. The fourth-order valence-corrected chi connectivity index (χ4v) is 6.22. The molecule has 0 saturated carbocycles. The van der Waals surface area contributed by atoms with Gasteiger partial charge in [-0.3, -0.25) is 24.0 Å². The van der Waals surface area contributed by atoms with E-state index in [9.17, 15) is 24.0 Å². The quantitative estimate of drug-likeness (QED) is 0.128. The number of nitrogens with one attached hydrogen (secondary N) is 5. The highest BCUT2D eigenvalue weighted by Crippen LogP contribution is 2.31. The number of amides is 3. The lowest BCUT2D eigenvalue weighted by molar-refractivity contribution is -0.116. The number of anilines is 4. The van der Waals surface area contributed by atoms with Crippen molar-refractivity contribution in [3.63, 3.8) is 0 Å². The van der Waals surface area contributed by atoms with Gasteiger partial charge in [0.1, 0.15) is 11.1 Å². The van der Waals surface area contributed by atoms with Crippen molar-refractivity contribution in [2.45, 2.75) is 34.1 Å². The standard InChI is InChI=1S/C20H17N3O3.C18H15N3O2.C2H6O.CH4/c1-12(24)23-9-8-13-6-7-14(10-18(13)23)22-20(26)16-11-21-17-5-3-2-4-15(17)19(16)25;22-17-13-3-1-2-4-15(13)20-10-14(17)18(23)21-12-6-5-11-7-8-19-16(11)9-12;1-2-3;/h2-7,10-11H,8-9H2,1H3,(H,21,25)(H,22,26);1-6,9-10,19H,7-8H2,(H,20,22)(H,21,23);3H,2H2,1H3;1H4. The molecule has 53 heavy (non-hydrogen) atoms. The van der Waals surface area contributed by atoms with Gasteiger partial charge < -0.3 is 35.9 Å². The molecular formula is C41H42N6O6. The van der Waals surface area contributed by atoms with Gasteiger partial charge in [-0.25, -0.2) is 0 Å². The number of carbonyl (C=O) groups is 3. The van der Waals surface area contributed by atoms with E-state index in [2.05, 4.69) is 25.9 Å². The first-order valence-electron chi connectivity index (χ1n) is 16.9. The number of hydrogen-bond acceptors (Lipinski definition) is 7. The SMILES string of the molecule is C.CC(=O)N1CCc2ccc(NC(=O)c3c[nH]c4ccccc4c3=O)cc21.CCO.O=C(Nc1ccc2c(c1)NCC2)c1c[nH]c2ccccc2c1=O. The summed E-state index contributed by atoms with van der Waals surface area (Å²) in [6.07, 6.45) is 4.68. The summed E-state index contributed by atoms with van der Waals surface area (Å²) in [5, 5.41) is 17.4. The molecule has 6 N–H and O–H groups in total. The minimum atomic E-state index is -0.482. The molecule has 0 spiro atoms. The number of hydrogen-bond donors (Lipinski definition) is 6. The maximum atomic E-state index is 12.6. The number of aromatic amines is 2.